The van der Waals surface area contributed by atoms with Crippen LogP contribution in [0.4, 0.5) is 5.69 Å². The third-order valence-corrected chi connectivity index (χ3v) is 3.54. The van der Waals surface area contributed by atoms with Crippen LogP contribution < -0.4 is 14.8 Å². The molecule has 0 radical (unpaired) electrons. The van der Waals surface area contributed by atoms with Crippen molar-refractivity contribution >= 4 is 23.2 Å². The van der Waals surface area contributed by atoms with E-state index in [-0.39, 0.29) is 5.56 Å². The first-order chi connectivity index (χ1) is 12.6. The van der Waals surface area contributed by atoms with E-state index in [0.717, 1.165) is 0 Å². The van der Waals surface area contributed by atoms with Crippen LogP contribution >= 0.6 is 0 Å². The lowest BCUT2D eigenvalue weighted by molar-refractivity contribution is -0.119. The van der Waals surface area contributed by atoms with Crippen molar-refractivity contribution < 1.29 is 23.8 Å². The van der Waals surface area contributed by atoms with Crippen LogP contribution in [0.1, 0.15) is 10.4 Å². The van der Waals surface area contributed by atoms with Gasteiger partial charge in [-0.25, -0.2) is 4.79 Å². The monoisotopic (exact) mass is 356 g/mol. The number of aromatic nitrogens is 3. The van der Waals surface area contributed by atoms with Gasteiger partial charge >= 0.3 is 5.97 Å². The molecule has 0 fully saturated rings. The number of methoxy groups -OCH3 is 2. The fourth-order valence-corrected chi connectivity index (χ4v) is 2.25. The topological polar surface area (TPSA) is 104 Å². The Morgan fingerprint density at radius 3 is 2.77 bits per heavy atom. The van der Waals surface area contributed by atoms with Crippen molar-refractivity contribution in [2.45, 2.75) is 0 Å². The second-order valence-electron chi connectivity index (χ2n) is 5.20. The highest BCUT2D eigenvalue weighted by Gasteiger charge is 2.13. The largest absolute Gasteiger partial charge is 0.497 e. The quantitative estimate of drug-likeness (QED) is 0.668. The molecular formula is C17H16N4O5. The molecule has 0 unspecified atom stereocenters. The zero-order valence-corrected chi connectivity index (χ0v) is 14.1. The average Bonchev–Trinajstić information content (AvgIpc) is 3.14. The van der Waals surface area contributed by atoms with Gasteiger partial charge in [-0.2, -0.15) is 0 Å². The van der Waals surface area contributed by atoms with Crippen molar-refractivity contribution in [1.29, 1.82) is 0 Å². The molecule has 3 rings (SSSR count). The van der Waals surface area contributed by atoms with Gasteiger partial charge in [0.25, 0.3) is 5.91 Å². The molecule has 134 valence electrons. The molecule has 9 nitrogen and oxygen atoms in total. The maximum absolute atomic E-state index is 12.1. The Labute approximate surface area is 148 Å². The van der Waals surface area contributed by atoms with Gasteiger partial charge in [-0.05, 0) is 24.3 Å². The third kappa shape index (κ3) is 3.72. The molecule has 1 amide bonds. The van der Waals surface area contributed by atoms with Crippen LogP contribution in [0.15, 0.2) is 42.9 Å². The molecule has 0 bridgehead atoms. The summed E-state index contributed by atoms with van der Waals surface area (Å²) in [6, 6.07) is 8.13. The molecule has 2 heterocycles. The SMILES string of the molecule is COc1ccc(NC(=O)COC(=O)c2ccc3nncn3c2)c(OC)c1. The Bertz CT molecular complexity index is 953. The van der Waals surface area contributed by atoms with E-state index >= 15 is 0 Å². The normalized spacial score (nSPS) is 10.4. The Hall–Kier alpha value is -3.62. The van der Waals surface area contributed by atoms with Gasteiger partial charge < -0.3 is 19.5 Å². The van der Waals surface area contributed by atoms with Gasteiger partial charge in [0.05, 0.1) is 25.5 Å². The van der Waals surface area contributed by atoms with Gasteiger partial charge in [0.2, 0.25) is 0 Å². The molecule has 0 saturated carbocycles. The predicted molar refractivity (Wildman–Crippen MR) is 91.4 cm³/mol. The summed E-state index contributed by atoms with van der Waals surface area (Å²) in [7, 11) is 3.01. The Kier molecular flexibility index (Phi) is 4.97. The van der Waals surface area contributed by atoms with Gasteiger partial charge in [0.1, 0.15) is 17.8 Å². The molecule has 0 spiro atoms. The number of ether oxygens (including phenoxy) is 3. The van der Waals surface area contributed by atoms with E-state index in [2.05, 4.69) is 15.5 Å². The summed E-state index contributed by atoms with van der Waals surface area (Å²) < 4.78 is 16.9. The highest BCUT2D eigenvalue weighted by atomic mass is 16.5. The lowest BCUT2D eigenvalue weighted by Gasteiger charge is -2.11. The lowest BCUT2D eigenvalue weighted by Crippen LogP contribution is -2.21. The first-order valence-corrected chi connectivity index (χ1v) is 7.59. The minimum Gasteiger partial charge on any atom is -0.497 e. The lowest BCUT2D eigenvalue weighted by atomic mass is 10.2. The van der Waals surface area contributed by atoms with Gasteiger partial charge in [0, 0.05) is 12.3 Å². The molecule has 3 aromatic rings. The maximum Gasteiger partial charge on any atom is 0.340 e. The van der Waals surface area contributed by atoms with Gasteiger partial charge in [-0.3, -0.25) is 9.20 Å². The Morgan fingerprint density at radius 2 is 2.00 bits per heavy atom. The van der Waals surface area contributed by atoms with E-state index < -0.39 is 18.5 Å². The molecule has 2 aromatic heterocycles. The maximum atomic E-state index is 12.1. The number of nitrogens with zero attached hydrogens (tertiary/aromatic N) is 3. The number of hydrogen-bond acceptors (Lipinski definition) is 7. The van der Waals surface area contributed by atoms with Crippen LogP contribution in [-0.4, -0.2) is 47.3 Å². The van der Waals surface area contributed by atoms with Gasteiger partial charge in [0.15, 0.2) is 12.3 Å². The van der Waals surface area contributed by atoms with E-state index in [4.69, 9.17) is 14.2 Å². The van der Waals surface area contributed by atoms with Crippen molar-refractivity contribution in [2.24, 2.45) is 0 Å². The van der Waals surface area contributed by atoms with Gasteiger partial charge in [-0.15, -0.1) is 10.2 Å². The minimum absolute atomic E-state index is 0.284. The smallest absolute Gasteiger partial charge is 0.340 e. The van der Waals surface area contributed by atoms with E-state index in [1.807, 2.05) is 0 Å². The van der Waals surface area contributed by atoms with E-state index in [9.17, 15) is 9.59 Å². The Morgan fingerprint density at radius 1 is 1.15 bits per heavy atom. The van der Waals surface area contributed by atoms with Crippen molar-refractivity contribution in [1.82, 2.24) is 14.6 Å². The fourth-order valence-electron chi connectivity index (χ4n) is 2.25. The average molecular weight is 356 g/mol. The predicted octanol–water partition coefficient (Wildman–Crippen LogP) is 1.54. The van der Waals surface area contributed by atoms with E-state index in [1.54, 1.807) is 34.7 Å². The molecule has 0 aliphatic carbocycles. The summed E-state index contributed by atoms with van der Waals surface area (Å²) in [6.45, 7) is -0.436. The van der Waals surface area contributed by atoms with E-state index in [1.165, 1.54) is 26.7 Å². The minimum atomic E-state index is -0.627. The molecule has 26 heavy (non-hydrogen) atoms. The molecule has 1 N–H and O–H groups in total. The number of fused-ring (bicyclic) bond motifs is 1. The van der Waals surface area contributed by atoms with Crippen molar-refractivity contribution in [3.8, 4) is 11.5 Å². The number of benzene rings is 1. The molecule has 0 saturated heterocycles. The highest BCUT2D eigenvalue weighted by Crippen LogP contribution is 2.28. The number of pyridine rings is 1. The van der Waals surface area contributed by atoms with Crippen molar-refractivity contribution in [3.63, 3.8) is 0 Å². The van der Waals surface area contributed by atoms with Gasteiger partial charge in [-0.1, -0.05) is 0 Å². The summed E-state index contributed by atoms with van der Waals surface area (Å²) in [4.78, 5) is 24.1. The molecule has 1 aromatic carbocycles. The van der Waals surface area contributed by atoms with E-state index in [0.29, 0.717) is 22.8 Å². The molecule has 0 aliphatic heterocycles. The summed E-state index contributed by atoms with van der Waals surface area (Å²) in [6.07, 6.45) is 3.00. The van der Waals surface area contributed by atoms with Crippen molar-refractivity contribution in [2.75, 3.05) is 26.1 Å². The summed E-state index contributed by atoms with van der Waals surface area (Å²) >= 11 is 0. The summed E-state index contributed by atoms with van der Waals surface area (Å²) in [5.74, 6) is -0.0950. The number of anilines is 1. The second-order valence-corrected chi connectivity index (χ2v) is 5.20. The van der Waals surface area contributed by atoms with Crippen molar-refractivity contribution in [3.05, 3.63) is 48.4 Å². The number of hydrogen-bond donors (Lipinski definition) is 1. The molecule has 0 atom stereocenters. The molecular weight excluding hydrogens is 340 g/mol. The number of rotatable bonds is 6. The summed E-state index contributed by atoms with van der Waals surface area (Å²) in [5.41, 5.74) is 1.33. The van der Waals surface area contributed by atoms with Crippen LogP contribution in [0.5, 0.6) is 11.5 Å². The fraction of sp³-hybridized carbons (Fsp3) is 0.176. The standard InChI is InChI=1S/C17H16N4O5/c1-24-12-4-5-13(14(7-12)25-2)19-16(22)9-26-17(23)11-3-6-15-20-18-10-21(15)8-11/h3-8,10H,9H2,1-2H3,(H,19,22). The zero-order chi connectivity index (χ0) is 18.5. The number of nitrogens with one attached hydrogen (secondary N) is 1. The number of carbonyl (C=O) groups is 2. The van der Waals surface area contributed by atoms with Crippen LogP contribution in [0.25, 0.3) is 5.65 Å². The zero-order valence-electron chi connectivity index (χ0n) is 14.1. The molecule has 9 heteroatoms. The second kappa shape index (κ2) is 7.51. The number of amides is 1. The summed E-state index contributed by atoms with van der Waals surface area (Å²) in [5, 5.41) is 10.2. The van der Waals surface area contributed by atoms with Crippen LogP contribution in [0.3, 0.4) is 0 Å². The number of esters is 1. The molecule has 0 aliphatic rings. The Balaban J connectivity index is 1.60. The first-order valence-electron chi connectivity index (χ1n) is 7.59. The highest BCUT2D eigenvalue weighted by molar-refractivity contribution is 5.96. The number of carbonyl (C=O) groups excluding carboxylic acids is 2. The first kappa shape index (κ1) is 17.2. The van der Waals surface area contributed by atoms with Crippen LogP contribution in [0, 0.1) is 0 Å². The van der Waals surface area contributed by atoms with Crippen LogP contribution in [-0.2, 0) is 9.53 Å². The van der Waals surface area contributed by atoms with Crippen LogP contribution in [0.2, 0.25) is 0 Å². The third-order valence-electron chi connectivity index (χ3n) is 3.54.